The summed E-state index contributed by atoms with van der Waals surface area (Å²) in [5.74, 6) is 0. The number of hydrogen-bond acceptors (Lipinski definition) is 3. The van der Waals surface area contributed by atoms with Crippen LogP contribution in [0.3, 0.4) is 0 Å². The van der Waals surface area contributed by atoms with E-state index in [2.05, 4.69) is 30.0 Å². The Kier molecular flexibility index (Phi) is 3.96. The molecule has 2 aromatic carbocycles. The highest BCUT2D eigenvalue weighted by Crippen LogP contribution is 2.24. The van der Waals surface area contributed by atoms with Gasteiger partial charge in [-0.05, 0) is 37.1 Å². The van der Waals surface area contributed by atoms with Gasteiger partial charge in [0.25, 0.3) is 0 Å². The first-order chi connectivity index (χ1) is 10.7. The van der Waals surface area contributed by atoms with Crippen molar-refractivity contribution in [1.29, 1.82) is 0 Å². The minimum absolute atomic E-state index is 0.298. The van der Waals surface area contributed by atoms with Crippen molar-refractivity contribution in [2.24, 2.45) is 0 Å². The highest BCUT2D eigenvalue weighted by molar-refractivity contribution is 5.83. The lowest BCUT2D eigenvalue weighted by Crippen LogP contribution is -2.21. The van der Waals surface area contributed by atoms with Crippen molar-refractivity contribution in [3.8, 4) is 0 Å². The summed E-state index contributed by atoms with van der Waals surface area (Å²) in [7, 11) is 0. The lowest BCUT2D eigenvalue weighted by molar-refractivity contribution is 0.559. The Morgan fingerprint density at radius 2 is 1.82 bits per heavy atom. The minimum Gasteiger partial charge on any atom is -0.423 e. The molecule has 0 unspecified atom stereocenters. The Labute approximate surface area is 129 Å². The molecule has 0 radical (unpaired) electrons. The van der Waals surface area contributed by atoms with Crippen molar-refractivity contribution in [3.63, 3.8) is 0 Å². The zero-order chi connectivity index (χ0) is 15.5. The van der Waals surface area contributed by atoms with Crippen molar-refractivity contribution >= 4 is 16.7 Å². The van der Waals surface area contributed by atoms with E-state index < -0.39 is 0 Å². The van der Waals surface area contributed by atoms with Gasteiger partial charge in [0.2, 0.25) is 0 Å². The molecule has 0 atom stereocenters. The second-order valence-electron chi connectivity index (χ2n) is 5.43. The van der Waals surface area contributed by atoms with Crippen molar-refractivity contribution in [2.75, 3.05) is 11.4 Å². The van der Waals surface area contributed by atoms with Crippen LogP contribution in [0.5, 0.6) is 0 Å². The van der Waals surface area contributed by atoms with Crippen LogP contribution < -0.4 is 10.5 Å². The van der Waals surface area contributed by atoms with Gasteiger partial charge in [-0.2, -0.15) is 0 Å². The Morgan fingerprint density at radius 1 is 1.05 bits per heavy atom. The molecule has 22 heavy (non-hydrogen) atoms. The summed E-state index contributed by atoms with van der Waals surface area (Å²) in [4.78, 5) is 13.8. The third-order valence-corrected chi connectivity index (χ3v) is 3.90. The maximum atomic E-state index is 11.6. The Balaban J connectivity index is 1.98. The van der Waals surface area contributed by atoms with Gasteiger partial charge in [-0.25, -0.2) is 4.79 Å². The largest absolute Gasteiger partial charge is 0.423 e. The summed E-state index contributed by atoms with van der Waals surface area (Å²) in [5.41, 5.74) is 3.62. The number of benzene rings is 2. The number of fused-ring (bicyclic) bond motifs is 1. The van der Waals surface area contributed by atoms with Crippen LogP contribution >= 0.6 is 0 Å². The fourth-order valence-electron chi connectivity index (χ4n) is 2.70. The molecule has 0 amide bonds. The summed E-state index contributed by atoms with van der Waals surface area (Å²) < 4.78 is 5.35. The first kappa shape index (κ1) is 14.4. The van der Waals surface area contributed by atoms with Gasteiger partial charge >= 0.3 is 5.63 Å². The quantitative estimate of drug-likeness (QED) is 0.678. The van der Waals surface area contributed by atoms with Crippen molar-refractivity contribution in [1.82, 2.24) is 0 Å². The van der Waals surface area contributed by atoms with Gasteiger partial charge in [0, 0.05) is 36.3 Å². The van der Waals surface area contributed by atoms with Gasteiger partial charge < -0.3 is 9.32 Å². The molecule has 0 N–H and O–H groups in total. The first-order valence-electron chi connectivity index (χ1n) is 7.51. The van der Waals surface area contributed by atoms with E-state index in [0.29, 0.717) is 5.58 Å². The molecule has 3 heteroatoms. The fourth-order valence-corrected chi connectivity index (χ4v) is 2.70. The molecular formula is C19H19NO2. The summed E-state index contributed by atoms with van der Waals surface area (Å²) in [6, 6.07) is 17.9. The lowest BCUT2D eigenvalue weighted by Gasteiger charge is -2.23. The molecule has 0 spiro atoms. The summed E-state index contributed by atoms with van der Waals surface area (Å²) in [6.45, 7) is 5.77. The number of aryl methyl sites for hydroxylation is 1. The van der Waals surface area contributed by atoms with Gasteiger partial charge in [-0.15, -0.1) is 0 Å². The van der Waals surface area contributed by atoms with Gasteiger partial charge in [0.05, 0.1) is 0 Å². The van der Waals surface area contributed by atoms with Crippen LogP contribution in [0.4, 0.5) is 5.69 Å². The van der Waals surface area contributed by atoms with E-state index in [9.17, 15) is 4.79 Å². The van der Waals surface area contributed by atoms with Crippen LogP contribution in [-0.4, -0.2) is 6.54 Å². The van der Waals surface area contributed by atoms with Crippen LogP contribution in [0.2, 0.25) is 0 Å². The zero-order valence-corrected chi connectivity index (χ0v) is 12.9. The smallest absolute Gasteiger partial charge is 0.336 e. The molecule has 0 fully saturated rings. The molecule has 0 bridgehead atoms. The molecule has 0 saturated carbocycles. The molecule has 1 aromatic heterocycles. The minimum atomic E-state index is -0.298. The highest BCUT2D eigenvalue weighted by atomic mass is 16.4. The third-order valence-electron chi connectivity index (χ3n) is 3.90. The second-order valence-corrected chi connectivity index (χ2v) is 5.43. The maximum Gasteiger partial charge on any atom is 0.336 e. The molecule has 0 aliphatic carbocycles. The maximum absolute atomic E-state index is 11.6. The first-order valence-corrected chi connectivity index (χ1v) is 7.51. The number of rotatable bonds is 4. The van der Waals surface area contributed by atoms with Gasteiger partial charge in [0.15, 0.2) is 0 Å². The van der Waals surface area contributed by atoms with Crippen LogP contribution in [0, 0.1) is 6.92 Å². The average molecular weight is 293 g/mol. The third kappa shape index (κ3) is 2.89. The summed E-state index contributed by atoms with van der Waals surface area (Å²) in [6.07, 6.45) is 0. The number of hydrogen-bond donors (Lipinski definition) is 0. The van der Waals surface area contributed by atoms with Crippen LogP contribution in [0.15, 0.2) is 63.8 Å². The zero-order valence-electron chi connectivity index (χ0n) is 12.9. The van der Waals surface area contributed by atoms with Crippen molar-refractivity contribution in [2.45, 2.75) is 20.4 Å². The fraction of sp³-hybridized carbons (Fsp3) is 0.211. The van der Waals surface area contributed by atoms with Gasteiger partial charge in [0.1, 0.15) is 5.58 Å². The Bertz CT molecular complexity index is 837. The molecule has 3 aromatic rings. The van der Waals surface area contributed by atoms with E-state index in [1.807, 2.05) is 37.3 Å². The van der Waals surface area contributed by atoms with E-state index in [1.54, 1.807) is 0 Å². The second kappa shape index (κ2) is 6.06. The van der Waals surface area contributed by atoms with Crippen LogP contribution in [0.1, 0.15) is 18.1 Å². The van der Waals surface area contributed by atoms with E-state index in [1.165, 1.54) is 11.6 Å². The van der Waals surface area contributed by atoms with Crippen LogP contribution in [-0.2, 0) is 6.54 Å². The predicted molar refractivity (Wildman–Crippen MR) is 90.4 cm³/mol. The predicted octanol–water partition coefficient (Wildman–Crippen LogP) is 4.13. The lowest BCUT2D eigenvalue weighted by atomic mass is 10.1. The van der Waals surface area contributed by atoms with Crippen molar-refractivity contribution in [3.05, 3.63) is 76.1 Å². The molecule has 0 aliphatic heterocycles. The summed E-state index contributed by atoms with van der Waals surface area (Å²) >= 11 is 0. The standard InChI is InChI=1S/C19H19NO2/c1-3-20(13-15-7-5-4-6-8-15)16-9-10-17-14(2)11-19(21)22-18(17)12-16/h4-12H,3,13H2,1-2H3. The molecule has 3 rings (SSSR count). The Hall–Kier alpha value is -2.55. The Morgan fingerprint density at radius 3 is 2.55 bits per heavy atom. The number of nitrogens with zero attached hydrogens (tertiary/aromatic N) is 1. The topological polar surface area (TPSA) is 33.5 Å². The molecule has 3 nitrogen and oxygen atoms in total. The SMILES string of the molecule is CCN(Cc1ccccc1)c1ccc2c(C)cc(=O)oc2c1. The van der Waals surface area contributed by atoms with Crippen molar-refractivity contribution < 1.29 is 4.42 Å². The molecular weight excluding hydrogens is 274 g/mol. The van der Waals surface area contributed by atoms with E-state index in [4.69, 9.17) is 4.42 Å². The summed E-state index contributed by atoms with van der Waals surface area (Å²) in [5, 5.41) is 0.985. The van der Waals surface area contributed by atoms with Gasteiger partial charge in [-0.3, -0.25) is 0 Å². The average Bonchev–Trinajstić information content (AvgIpc) is 2.53. The normalized spacial score (nSPS) is 10.8. The molecule has 0 aliphatic rings. The highest BCUT2D eigenvalue weighted by Gasteiger charge is 2.09. The number of anilines is 1. The monoisotopic (exact) mass is 293 g/mol. The van der Waals surface area contributed by atoms with Crippen LogP contribution in [0.25, 0.3) is 11.0 Å². The van der Waals surface area contributed by atoms with E-state index in [0.717, 1.165) is 29.7 Å². The molecule has 112 valence electrons. The van der Waals surface area contributed by atoms with E-state index in [-0.39, 0.29) is 5.63 Å². The van der Waals surface area contributed by atoms with Gasteiger partial charge in [-0.1, -0.05) is 30.3 Å². The van der Waals surface area contributed by atoms with E-state index >= 15 is 0 Å². The molecule has 1 heterocycles. The molecule has 0 saturated heterocycles.